The molecule has 2 atom stereocenters. The van der Waals surface area contributed by atoms with Crippen LogP contribution in [0.4, 0.5) is 0 Å². The Kier molecular flexibility index (Phi) is 3.55. The fourth-order valence-corrected chi connectivity index (χ4v) is 4.21. The molecule has 26 heavy (non-hydrogen) atoms. The van der Waals surface area contributed by atoms with Crippen molar-refractivity contribution in [3.8, 4) is 11.4 Å². The molecule has 2 bridgehead atoms. The first kappa shape index (κ1) is 15.3. The number of amides is 1. The summed E-state index contributed by atoms with van der Waals surface area (Å²) < 4.78 is 2.20. The maximum Gasteiger partial charge on any atom is 0.255 e. The van der Waals surface area contributed by atoms with Crippen molar-refractivity contribution < 1.29 is 4.79 Å². The fraction of sp³-hybridized carbons (Fsp3) is 0.300. The van der Waals surface area contributed by atoms with Gasteiger partial charge in [-0.3, -0.25) is 9.78 Å². The normalized spacial score (nSPS) is 21.3. The standard InChI is InChI=1S/C20H19N5O/c26-20(15-7-4-10-21-12-15)25-16-8-9-17(25)13-24-18(11-16)22-23-19(24)14-5-2-1-3-6-14/h1-7,10,12,16-17H,8-9,11,13H2/t16-,17+/m0/s1. The number of hydrogen-bond donors (Lipinski definition) is 0. The van der Waals surface area contributed by atoms with Gasteiger partial charge in [0.15, 0.2) is 5.82 Å². The van der Waals surface area contributed by atoms with Crippen molar-refractivity contribution in [3.05, 3.63) is 66.2 Å². The molecule has 0 spiro atoms. The predicted octanol–water partition coefficient (Wildman–Crippen LogP) is 2.57. The van der Waals surface area contributed by atoms with Gasteiger partial charge in [-0.1, -0.05) is 30.3 Å². The largest absolute Gasteiger partial charge is 0.330 e. The summed E-state index contributed by atoms with van der Waals surface area (Å²) in [7, 11) is 0. The van der Waals surface area contributed by atoms with Gasteiger partial charge in [0.25, 0.3) is 5.91 Å². The molecule has 5 rings (SSSR count). The van der Waals surface area contributed by atoms with Crippen LogP contribution in [0.1, 0.15) is 29.0 Å². The molecule has 130 valence electrons. The first-order valence-electron chi connectivity index (χ1n) is 9.01. The van der Waals surface area contributed by atoms with E-state index in [1.54, 1.807) is 12.4 Å². The monoisotopic (exact) mass is 345 g/mol. The summed E-state index contributed by atoms with van der Waals surface area (Å²) >= 11 is 0. The van der Waals surface area contributed by atoms with Gasteiger partial charge < -0.3 is 9.47 Å². The molecule has 0 aliphatic carbocycles. The Labute approximate surface area is 151 Å². The van der Waals surface area contributed by atoms with E-state index < -0.39 is 0 Å². The Hall–Kier alpha value is -3.02. The molecule has 0 unspecified atom stereocenters. The van der Waals surface area contributed by atoms with E-state index in [-0.39, 0.29) is 18.0 Å². The van der Waals surface area contributed by atoms with E-state index >= 15 is 0 Å². The number of benzene rings is 1. The zero-order valence-corrected chi connectivity index (χ0v) is 14.3. The fourth-order valence-electron chi connectivity index (χ4n) is 4.21. The van der Waals surface area contributed by atoms with Crippen LogP contribution in [-0.4, -0.2) is 42.6 Å². The minimum Gasteiger partial charge on any atom is -0.330 e. The van der Waals surface area contributed by atoms with Crippen LogP contribution in [0, 0.1) is 0 Å². The quantitative estimate of drug-likeness (QED) is 0.716. The van der Waals surface area contributed by atoms with Crippen molar-refractivity contribution in [1.82, 2.24) is 24.6 Å². The average molecular weight is 345 g/mol. The van der Waals surface area contributed by atoms with E-state index in [1.165, 1.54) is 0 Å². The lowest BCUT2D eigenvalue weighted by Crippen LogP contribution is -2.42. The molecule has 0 radical (unpaired) electrons. The number of nitrogens with zero attached hydrogens (tertiary/aromatic N) is 5. The highest BCUT2D eigenvalue weighted by Gasteiger charge is 2.41. The first-order valence-corrected chi connectivity index (χ1v) is 9.01. The molecule has 3 aromatic rings. The summed E-state index contributed by atoms with van der Waals surface area (Å²) in [5.74, 6) is 1.94. The molecule has 2 aliphatic heterocycles. The first-order chi connectivity index (χ1) is 12.8. The van der Waals surface area contributed by atoms with Crippen molar-refractivity contribution in [2.24, 2.45) is 0 Å². The lowest BCUT2D eigenvalue weighted by atomic mass is 10.1. The Bertz CT molecular complexity index is 937. The van der Waals surface area contributed by atoms with Crippen LogP contribution < -0.4 is 0 Å². The number of pyridine rings is 1. The highest BCUT2D eigenvalue weighted by Crippen LogP contribution is 2.34. The molecular weight excluding hydrogens is 326 g/mol. The zero-order chi connectivity index (χ0) is 17.5. The van der Waals surface area contributed by atoms with Crippen LogP contribution in [0.3, 0.4) is 0 Å². The van der Waals surface area contributed by atoms with Gasteiger partial charge in [0.1, 0.15) is 5.82 Å². The Morgan fingerprint density at radius 1 is 1.00 bits per heavy atom. The number of rotatable bonds is 2. The number of carbonyl (C=O) groups is 1. The van der Waals surface area contributed by atoms with E-state index in [9.17, 15) is 4.79 Å². The van der Waals surface area contributed by atoms with Crippen molar-refractivity contribution >= 4 is 5.91 Å². The molecule has 1 aromatic carbocycles. The molecule has 6 nitrogen and oxygen atoms in total. The number of hydrogen-bond acceptors (Lipinski definition) is 4. The van der Waals surface area contributed by atoms with E-state index in [4.69, 9.17) is 0 Å². The van der Waals surface area contributed by atoms with Crippen LogP contribution >= 0.6 is 0 Å². The molecule has 2 aromatic heterocycles. The molecular formula is C20H19N5O. The van der Waals surface area contributed by atoms with Crippen molar-refractivity contribution in [1.29, 1.82) is 0 Å². The molecule has 1 amide bonds. The van der Waals surface area contributed by atoms with E-state index in [2.05, 4.69) is 36.8 Å². The third-order valence-electron chi connectivity index (χ3n) is 5.43. The highest BCUT2D eigenvalue weighted by molar-refractivity contribution is 5.94. The minimum atomic E-state index is 0.0746. The topological polar surface area (TPSA) is 63.9 Å². The summed E-state index contributed by atoms with van der Waals surface area (Å²) in [6.07, 6.45) is 6.14. The van der Waals surface area contributed by atoms with E-state index in [1.807, 2.05) is 30.3 Å². The number of fused-ring (bicyclic) bond motifs is 3. The van der Waals surface area contributed by atoms with Gasteiger partial charge in [-0.2, -0.15) is 0 Å². The SMILES string of the molecule is O=C(c1cccnc1)N1[C@@H]2CC[C@H]1Cc1nnc(-c3ccccc3)n1C2. The van der Waals surface area contributed by atoms with E-state index in [0.29, 0.717) is 5.56 Å². The summed E-state index contributed by atoms with van der Waals surface area (Å²) in [6, 6.07) is 14.1. The van der Waals surface area contributed by atoms with Crippen molar-refractivity contribution in [3.63, 3.8) is 0 Å². The van der Waals surface area contributed by atoms with Crippen LogP contribution in [0.15, 0.2) is 54.9 Å². The van der Waals surface area contributed by atoms with Gasteiger partial charge in [-0.05, 0) is 25.0 Å². The second-order valence-corrected chi connectivity index (χ2v) is 6.96. The summed E-state index contributed by atoms with van der Waals surface area (Å²) in [4.78, 5) is 19.2. The number of aromatic nitrogens is 4. The molecule has 4 heterocycles. The number of carbonyl (C=O) groups excluding carboxylic acids is 1. The minimum absolute atomic E-state index is 0.0746. The molecule has 1 fully saturated rings. The molecule has 0 N–H and O–H groups in total. The molecule has 0 saturated carbocycles. The van der Waals surface area contributed by atoms with Crippen LogP contribution in [-0.2, 0) is 13.0 Å². The molecule has 2 aliphatic rings. The smallest absolute Gasteiger partial charge is 0.255 e. The zero-order valence-electron chi connectivity index (χ0n) is 14.3. The highest BCUT2D eigenvalue weighted by atomic mass is 16.2. The third-order valence-corrected chi connectivity index (χ3v) is 5.43. The van der Waals surface area contributed by atoms with Crippen LogP contribution in [0.2, 0.25) is 0 Å². The van der Waals surface area contributed by atoms with Crippen molar-refractivity contribution in [2.75, 3.05) is 0 Å². The predicted molar refractivity (Wildman–Crippen MR) is 96.4 cm³/mol. The average Bonchev–Trinajstić information content (AvgIpc) is 3.22. The Morgan fingerprint density at radius 2 is 1.85 bits per heavy atom. The van der Waals surface area contributed by atoms with Gasteiger partial charge in [-0.15, -0.1) is 10.2 Å². The maximum absolute atomic E-state index is 13.1. The van der Waals surface area contributed by atoms with Gasteiger partial charge in [0.2, 0.25) is 0 Å². The summed E-state index contributed by atoms with van der Waals surface area (Å²) in [5.41, 5.74) is 1.72. The molecule has 6 heteroatoms. The van der Waals surface area contributed by atoms with Gasteiger partial charge in [0, 0.05) is 37.0 Å². The van der Waals surface area contributed by atoms with Gasteiger partial charge in [0.05, 0.1) is 11.6 Å². The second-order valence-electron chi connectivity index (χ2n) is 6.96. The van der Waals surface area contributed by atoms with E-state index in [0.717, 1.165) is 43.0 Å². The van der Waals surface area contributed by atoms with Crippen LogP contribution in [0.25, 0.3) is 11.4 Å². The Balaban J connectivity index is 1.50. The lowest BCUT2D eigenvalue weighted by Gasteiger charge is -2.28. The summed E-state index contributed by atoms with van der Waals surface area (Å²) in [6.45, 7) is 0.745. The second kappa shape index (κ2) is 6.05. The molecule has 1 saturated heterocycles. The third kappa shape index (κ3) is 2.41. The van der Waals surface area contributed by atoms with Crippen molar-refractivity contribution in [2.45, 2.75) is 37.9 Å². The lowest BCUT2D eigenvalue weighted by molar-refractivity contribution is 0.0665. The van der Waals surface area contributed by atoms with Gasteiger partial charge >= 0.3 is 0 Å². The maximum atomic E-state index is 13.1. The summed E-state index contributed by atoms with van der Waals surface area (Å²) in [5, 5.41) is 8.87. The van der Waals surface area contributed by atoms with Gasteiger partial charge in [-0.25, -0.2) is 0 Å². The Morgan fingerprint density at radius 3 is 2.65 bits per heavy atom. The van der Waals surface area contributed by atoms with Crippen LogP contribution in [0.5, 0.6) is 0 Å².